The van der Waals surface area contributed by atoms with Gasteiger partial charge in [-0.25, -0.2) is 0 Å². The Morgan fingerprint density at radius 3 is 1.86 bits per heavy atom. The average Bonchev–Trinajstić information content (AvgIpc) is 2.82. The van der Waals surface area contributed by atoms with Crippen LogP contribution in [0.3, 0.4) is 0 Å². The summed E-state index contributed by atoms with van der Waals surface area (Å²) in [5.74, 6) is 1.79. The molecule has 196 valence electrons. The van der Waals surface area contributed by atoms with Crippen LogP contribution >= 0.6 is 34.0 Å². The van der Waals surface area contributed by atoms with E-state index in [4.69, 9.17) is 36.9 Å². The van der Waals surface area contributed by atoms with Gasteiger partial charge in [0.1, 0.15) is 23.7 Å². The van der Waals surface area contributed by atoms with E-state index in [-0.39, 0.29) is 18.8 Å². The molecular formula is C24H34Cl2N2O5S2. The first kappa shape index (κ1) is 30.0. The SMILES string of the molecule is CC[C@@H](CNCCOS(=O)(=O)SCCNC[C@H](CC)Oc1cccc(Cl)c1)Oc1cccc(Cl)c1. The van der Waals surface area contributed by atoms with E-state index in [2.05, 4.69) is 10.6 Å². The molecule has 0 aromatic heterocycles. The number of rotatable bonds is 18. The van der Waals surface area contributed by atoms with Crippen molar-refractivity contribution in [3.63, 3.8) is 0 Å². The number of hydrogen-bond donors (Lipinski definition) is 2. The summed E-state index contributed by atoms with van der Waals surface area (Å²) in [6.07, 6.45) is 1.52. The van der Waals surface area contributed by atoms with Crippen molar-refractivity contribution in [3.8, 4) is 11.5 Å². The van der Waals surface area contributed by atoms with E-state index in [1.54, 1.807) is 24.3 Å². The molecule has 35 heavy (non-hydrogen) atoms. The summed E-state index contributed by atoms with van der Waals surface area (Å²) in [7, 11) is -2.88. The minimum absolute atomic E-state index is 0.0350. The molecule has 0 aliphatic carbocycles. The summed E-state index contributed by atoms with van der Waals surface area (Å²) < 4.78 is 41.1. The van der Waals surface area contributed by atoms with Gasteiger partial charge in [-0.3, -0.25) is 4.18 Å². The van der Waals surface area contributed by atoms with Gasteiger partial charge in [0.05, 0.1) is 6.61 Å². The summed E-state index contributed by atoms with van der Waals surface area (Å²) >= 11 is 12.0. The molecule has 2 aromatic rings. The monoisotopic (exact) mass is 564 g/mol. The number of benzene rings is 2. The van der Waals surface area contributed by atoms with E-state index in [1.165, 1.54) is 0 Å². The number of hydrogen-bond acceptors (Lipinski definition) is 8. The summed E-state index contributed by atoms with van der Waals surface area (Å²) in [5.41, 5.74) is 0. The van der Waals surface area contributed by atoms with Gasteiger partial charge in [0.25, 0.3) is 0 Å². The van der Waals surface area contributed by atoms with Crippen molar-refractivity contribution >= 4 is 43.1 Å². The molecule has 0 radical (unpaired) electrons. The predicted molar refractivity (Wildman–Crippen MR) is 145 cm³/mol. The van der Waals surface area contributed by atoms with Gasteiger partial charge in [-0.1, -0.05) is 49.2 Å². The molecule has 0 bridgehead atoms. The Balaban J connectivity index is 1.56. The molecule has 0 heterocycles. The van der Waals surface area contributed by atoms with Crippen molar-refractivity contribution in [2.45, 2.75) is 38.9 Å². The first-order valence-electron chi connectivity index (χ1n) is 11.6. The van der Waals surface area contributed by atoms with Crippen molar-refractivity contribution in [2.24, 2.45) is 0 Å². The molecule has 0 spiro atoms. The molecule has 0 aliphatic rings. The summed E-state index contributed by atoms with van der Waals surface area (Å²) in [5, 5.41) is 7.64. The molecule has 2 N–H and O–H groups in total. The van der Waals surface area contributed by atoms with Crippen LogP contribution in [0, 0.1) is 0 Å². The third-order valence-corrected chi connectivity index (χ3v) is 8.11. The highest BCUT2D eigenvalue weighted by Crippen LogP contribution is 2.20. The Bertz CT molecular complexity index is 910. The van der Waals surface area contributed by atoms with Crippen LogP contribution in [0.15, 0.2) is 48.5 Å². The standard InChI is InChI=1S/C24H34Cl2N2O5S2/c1-3-21(32-23-9-5-7-19(25)15-23)17-27-11-13-31-35(29,30)34-14-12-28-18-22(4-2)33-24-10-6-8-20(26)16-24/h5-10,15-16,21-22,27-28H,3-4,11-14,17-18H2,1-2H3/t21-,22-/m0/s1. The molecule has 2 rings (SSSR count). The fraction of sp³-hybridized carbons (Fsp3) is 0.500. The topological polar surface area (TPSA) is 85.9 Å². The second-order valence-electron chi connectivity index (χ2n) is 7.67. The Morgan fingerprint density at radius 1 is 0.857 bits per heavy atom. The Kier molecular flexibility index (Phi) is 14.2. The lowest BCUT2D eigenvalue weighted by Crippen LogP contribution is -2.33. The highest BCUT2D eigenvalue weighted by molar-refractivity contribution is 8.70. The van der Waals surface area contributed by atoms with Crippen LogP contribution in [-0.4, -0.2) is 59.2 Å². The Hall–Kier alpha value is -1.20. The molecule has 0 amide bonds. The van der Waals surface area contributed by atoms with E-state index in [0.29, 0.717) is 53.5 Å². The van der Waals surface area contributed by atoms with Crippen LogP contribution in [-0.2, 0) is 13.3 Å². The van der Waals surface area contributed by atoms with Gasteiger partial charge in [0, 0.05) is 42.0 Å². The molecule has 11 heteroatoms. The number of ether oxygens (including phenoxy) is 2. The lowest BCUT2D eigenvalue weighted by Gasteiger charge is -2.18. The molecule has 0 unspecified atom stereocenters. The second-order valence-corrected chi connectivity index (χ2v) is 12.2. The molecular weight excluding hydrogens is 531 g/mol. The van der Waals surface area contributed by atoms with Crippen molar-refractivity contribution in [1.82, 2.24) is 10.6 Å². The van der Waals surface area contributed by atoms with E-state index in [9.17, 15) is 8.42 Å². The maximum Gasteiger partial charge on any atom is 0.322 e. The minimum Gasteiger partial charge on any atom is -0.489 e. The third-order valence-electron chi connectivity index (χ3n) is 4.87. The predicted octanol–water partition coefficient (Wildman–Crippen LogP) is 5.18. The summed E-state index contributed by atoms with van der Waals surface area (Å²) in [6.45, 7) is 6.19. The minimum atomic E-state index is -3.66. The summed E-state index contributed by atoms with van der Waals surface area (Å²) in [4.78, 5) is 0. The van der Waals surface area contributed by atoms with Gasteiger partial charge >= 0.3 is 9.15 Å². The molecule has 7 nitrogen and oxygen atoms in total. The van der Waals surface area contributed by atoms with Crippen LogP contribution in [0.25, 0.3) is 0 Å². The fourth-order valence-corrected chi connectivity index (χ4v) is 5.41. The van der Waals surface area contributed by atoms with Crippen LogP contribution in [0.1, 0.15) is 26.7 Å². The van der Waals surface area contributed by atoms with Crippen LogP contribution in [0.2, 0.25) is 10.0 Å². The first-order valence-corrected chi connectivity index (χ1v) is 15.3. The molecule has 0 saturated carbocycles. The molecule has 2 aromatic carbocycles. The van der Waals surface area contributed by atoms with Gasteiger partial charge < -0.3 is 20.1 Å². The van der Waals surface area contributed by atoms with Gasteiger partial charge in [0.2, 0.25) is 0 Å². The third kappa shape index (κ3) is 13.1. The lowest BCUT2D eigenvalue weighted by molar-refractivity contribution is 0.190. The van der Waals surface area contributed by atoms with E-state index < -0.39 is 9.15 Å². The average molecular weight is 566 g/mol. The zero-order chi connectivity index (χ0) is 25.5. The van der Waals surface area contributed by atoms with Gasteiger partial charge in [0.15, 0.2) is 0 Å². The smallest absolute Gasteiger partial charge is 0.322 e. The lowest BCUT2D eigenvalue weighted by atomic mass is 10.2. The van der Waals surface area contributed by atoms with Crippen molar-refractivity contribution in [3.05, 3.63) is 58.6 Å². The number of nitrogens with one attached hydrogen (secondary N) is 2. The second kappa shape index (κ2) is 16.5. The van der Waals surface area contributed by atoms with E-state index in [0.717, 1.165) is 23.6 Å². The number of halogens is 2. The fourth-order valence-electron chi connectivity index (χ4n) is 3.00. The zero-order valence-corrected chi connectivity index (χ0v) is 23.2. The van der Waals surface area contributed by atoms with Gasteiger partial charge in [-0.15, -0.1) is 0 Å². The highest BCUT2D eigenvalue weighted by atomic mass is 35.5. The maximum absolute atomic E-state index is 12.1. The molecule has 0 fully saturated rings. The van der Waals surface area contributed by atoms with Crippen LogP contribution < -0.4 is 20.1 Å². The quantitative estimate of drug-likeness (QED) is 0.189. The Labute approximate surface area is 222 Å². The zero-order valence-electron chi connectivity index (χ0n) is 20.0. The Morgan fingerprint density at radius 2 is 1.37 bits per heavy atom. The largest absolute Gasteiger partial charge is 0.489 e. The van der Waals surface area contributed by atoms with E-state index in [1.807, 2.05) is 38.1 Å². The van der Waals surface area contributed by atoms with Gasteiger partial charge in [-0.05, 0) is 60.0 Å². The van der Waals surface area contributed by atoms with Crippen molar-refractivity contribution in [1.29, 1.82) is 0 Å². The van der Waals surface area contributed by atoms with Crippen LogP contribution in [0.5, 0.6) is 11.5 Å². The van der Waals surface area contributed by atoms with Crippen molar-refractivity contribution < 1.29 is 22.1 Å². The molecule has 0 aliphatic heterocycles. The highest BCUT2D eigenvalue weighted by Gasteiger charge is 2.13. The van der Waals surface area contributed by atoms with E-state index >= 15 is 0 Å². The normalized spacial score (nSPS) is 13.4. The maximum atomic E-state index is 12.1. The van der Waals surface area contributed by atoms with Crippen LogP contribution in [0.4, 0.5) is 0 Å². The molecule has 0 saturated heterocycles. The first-order chi connectivity index (χ1) is 16.8. The molecule has 2 atom stereocenters. The summed E-state index contributed by atoms with van der Waals surface area (Å²) in [6, 6.07) is 14.5. The van der Waals surface area contributed by atoms with Crippen molar-refractivity contribution in [2.75, 3.05) is 38.5 Å². The van der Waals surface area contributed by atoms with Gasteiger partial charge in [-0.2, -0.15) is 8.42 Å².